The molecular weight excluding hydrogens is 271 g/mol. The van der Waals surface area contributed by atoms with E-state index >= 15 is 0 Å². The predicted octanol–water partition coefficient (Wildman–Crippen LogP) is 3.06. The van der Waals surface area contributed by atoms with E-state index in [1.807, 2.05) is 0 Å². The lowest BCUT2D eigenvalue weighted by atomic mass is 10.3. The van der Waals surface area contributed by atoms with Gasteiger partial charge in [0, 0.05) is 7.05 Å². The third-order valence-corrected chi connectivity index (χ3v) is 2.76. The molecule has 0 unspecified atom stereocenters. The van der Waals surface area contributed by atoms with Gasteiger partial charge in [-0.1, -0.05) is 11.6 Å². The van der Waals surface area contributed by atoms with Gasteiger partial charge in [0.15, 0.2) is 11.6 Å². The number of hydrogen-bond acceptors (Lipinski definition) is 5. The Morgan fingerprint density at radius 3 is 2.68 bits per heavy atom. The smallest absolute Gasteiger partial charge is 0.204 e. The first kappa shape index (κ1) is 13.4. The molecule has 0 aliphatic rings. The summed E-state index contributed by atoms with van der Waals surface area (Å²) in [6.45, 7) is 0. The van der Waals surface area contributed by atoms with Gasteiger partial charge in [-0.05, 0) is 18.2 Å². The molecule has 0 fully saturated rings. The molecule has 0 amide bonds. The van der Waals surface area contributed by atoms with E-state index in [1.165, 1.54) is 31.6 Å². The second kappa shape index (κ2) is 5.71. The van der Waals surface area contributed by atoms with Crippen molar-refractivity contribution < 1.29 is 9.13 Å². The Kier molecular flexibility index (Phi) is 4.01. The SMILES string of the molecule is CNc1ncnc(Nc2cc(F)ccc2Cl)c1OC. The number of nitrogens with one attached hydrogen (secondary N) is 2. The van der Waals surface area contributed by atoms with Crippen LogP contribution < -0.4 is 15.4 Å². The van der Waals surface area contributed by atoms with Gasteiger partial charge >= 0.3 is 0 Å². The van der Waals surface area contributed by atoms with E-state index in [4.69, 9.17) is 16.3 Å². The van der Waals surface area contributed by atoms with Gasteiger partial charge in [0.2, 0.25) is 5.75 Å². The van der Waals surface area contributed by atoms with E-state index in [9.17, 15) is 4.39 Å². The molecule has 1 heterocycles. The lowest BCUT2D eigenvalue weighted by Gasteiger charge is -2.13. The first-order chi connectivity index (χ1) is 9.15. The fraction of sp³-hybridized carbons (Fsp3) is 0.167. The molecule has 2 aromatic rings. The van der Waals surface area contributed by atoms with E-state index < -0.39 is 5.82 Å². The summed E-state index contributed by atoms with van der Waals surface area (Å²) >= 11 is 5.99. The Balaban J connectivity index is 2.40. The molecule has 0 aliphatic heterocycles. The van der Waals surface area contributed by atoms with Crippen molar-refractivity contribution in [3.8, 4) is 5.75 Å². The number of nitrogens with zero attached hydrogens (tertiary/aromatic N) is 2. The van der Waals surface area contributed by atoms with Gasteiger partial charge in [0.1, 0.15) is 12.1 Å². The quantitative estimate of drug-likeness (QED) is 0.902. The van der Waals surface area contributed by atoms with Crippen molar-refractivity contribution in [1.82, 2.24) is 9.97 Å². The molecular formula is C12H12ClFN4O. The molecule has 0 bridgehead atoms. The van der Waals surface area contributed by atoms with Gasteiger partial charge in [0.25, 0.3) is 0 Å². The standard InChI is InChI=1S/C12H12ClFN4O/c1-15-11-10(19-2)12(17-6-16-11)18-9-5-7(14)3-4-8(9)13/h3-6H,1-2H3,(H2,15,16,17,18). The van der Waals surface area contributed by atoms with Gasteiger partial charge < -0.3 is 15.4 Å². The highest BCUT2D eigenvalue weighted by Gasteiger charge is 2.12. The van der Waals surface area contributed by atoms with Crippen molar-refractivity contribution in [1.29, 1.82) is 0 Å². The highest BCUT2D eigenvalue weighted by Crippen LogP contribution is 2.33. The molecule has 0 spiro atoms. The summed E-state index contributed by atoms with van der Waals surface area (Å²) < 4.78 is 18.4. The van der Waals surface area contributed by atoms with Gasteiger partial charge in [-0.2, -0.15) is 0 Å². The molecule has 0 aliphatic carbocycles. The first-order valence-corrected chi connectivity index (χ1v) is 5.82. The number of methoxy groups -OCH3 is 1. The second-order valence-electron chi connectivity index (χ2n) is 3.60. The topological polar surface area (TPSA) is 59.1 Å². The third kappa shape index (κ3) is 2.85. The monoisotopic (exact) mass is 282 g/mol. The number of halogens is 2. The molecule has 7 heteroatoms. The van der Waals surface area contributed by atoms with Gasteiger partial charge in [-0.3, -0.25) is 0 Å². The first-order valence-electron chi connectivity index (χ1n) is 5.44. The van der Waals surface area contributed by atoms with Gasteiger partial charge in [-0.25, -0.2) is 14.4 Å². The maximum atomic E-state index is 13.2. The maximum Gasteiger partial charge on any atom is 0.204 e. The minimum absolute atomic E-state index is 0.382. The minimum Gasteiger partial charge on any atom is -0.490 e. The van der Waals surface area contributed by atoms with Crippen LogP contribution in [-0.2, 0) is 0 Å². The number of aromatic nitrogens is 2. The van der Waals surface area contributed by atoms with Crippen molar-refractivity contribution in [2.24, 2.45) is 0 Å². The Hall–Kier alpha value is -2.08. The van der Waals surface area contributed by atoms with Crippen LogP contribution in [0.3, 0.4) is 0 Å². The van der Waals surface area contributed by atoms with E-state index in [1.54, 1.807) is 7.05 Å². The molecule has 2 rings (SSSR count). The highest BCUT2D eigenvalue weighted by molar-refractivity contribution is 6.33. The van der Waals surface area contributed by atoms with Crippen LogP contribution >= 0.6 is 11.6 Å². The van der Waals surface area contributed by atoms with E-state index in [-0.39, 0.29) is 0 Å². The highest BCUT2D eigenvalue weighted by atomic mass is 35.5. The lowest BCUT2D eigenvalue weighted by Crippen LogP contribution is -2.03. The van der Waals surface area contributed by atoms with Crippen molar-refractivity contribution in [3.63, 3.8) is 0 Å². The van der Waals surface area contributed by atoms with Crippen molar-refractivity contribution in [2.75, 3.05) is 24.8 Å². The Labute approximate surface area is 114 Å². The molecule has 0 saturated heterocycles. The van der Waals surface area contributed by atoms with Crippen LogP contribution in [0.2, 0.25) is 5.02 Å². The zero-order valence-corrected chi connectivity index (χ0v) is 11.1. The summed E-state index contributed by atoms with van der Waals surface area (Å²) in [5.74, 6) is 0.945. The van der Waals surface area contributed by atoms with Crippen LogP contribution in [0.15, 0.2) is 24.5 Å². The Morgan fingerprint density at radius 2 is 2.00 bits per heavy atom. The minimum atomic E-state index is -0.395. The average Bonchev–Trinajstić information content (AvgIpc) is 2.42. The summed E-state index contributed by atoms with van der Waals surface area (Å²) in [5.41, 5.74) is 0.403. The van der Waals surface area contributed by atoms with E-state index in [0.29, 0.717) is 28.1 Å². The third-order valence-electron chi connectivity index (χ3n) is 2.43. The Bertz CT molecular complexity index is 594. The maximum absolute atomic E-state index is 13.2. The van der Waals surface area contributed by atoms with Crippen molar-refractivity contribution in [3.05, 3.63) is 35.4 Å². The van der Waals surface area contributed by atoms with Crippen LogP contribution in [0.4, 0.5) is 21.7 Å². The van der Waals surface area contributed by atoms with Gasteiger partial charge in [-0.15, -0.1) is 0 Å². The largest absolute Gasteiger partial charge is 0.490 e. The van der Waals surface area contributed by atoms with Crippen molar-refractivity contribution in [2.45, 2.75) is 0 Å². The second-order valence-corrected chi connectivity index (χ2v) is 4.01. The lowest BCUT2D eigenvalue weighted by molar-refractivity contribution is 0.415. The molecule has 5 nitrogen and oxygen atoms in total. The number of rotatable bonds is 4. The average molecular weight is 283 g/mol. The fourth-order valence-electron chi connectivity index (χ4n) is 1.56. The zero-order chi connectivity index (χ0) is 13.8. The summed E-state index contributed by atoms with van der Waals surface area (Å²) in [6, 6.07) is 4.03. The van der Waals surface area contributed by atoms with E-state index in [2.05, 4.69) is 20.6 Å². The normalized spacial score (nSPS) is 10.1. The molecule has 2 N–H and O–H groups in total. The summed E-state index contributed by atoms with van der Waals surface area (Å²) in [5, 5.41) is 6.18. The van der Waals surface area contributed by atoms with Crippen LogP contribution in [0.5, 0.6) is 5.75 Å². The van der Waals surface area contributed by atoms with Crippen LogP contribution in [0, 0.1) is 5.82 Å². The summed E-state index contributed by atoms with van der Waals surface area (Å²) in [4.78, 5) is 8.07. The molecule has 0 atom stereocenters. The number of benzene rings is 1. The van der Waals surface area contributed by atoms with Crippen LogP contribution in [0.1, 0.15) is 0 Å². The molecule has 1 aromatic heterocycles. The molecule has 0 radical (unpaired) electrons. The van der Waals surface area contributed by atoms with E-state index in [0.717, 1.165) is 0 Å². The summed E-state index contributed by atoms with van der Waals surface area (Å²) in [7, 11) is 3.21. The predicted molar refractivity (Wildman–Crippen MR) is 72.8 cm³/mol. The number of ether oxygens (including phenoxy) is 1. The molecule has 100 valence electrons. The fourth-order valence-corrected chi connectivity index (χ4v) is 1.72. The van der Waals surface area contributed by atoms with Gasteiger partial charge in [0.05, 0.1) is 17.8 Å². The molecule has 1 aromatic carbocycles. The number of hydrogen-bond donors (Lipinski definition) is 2. The molecule has 0 saturated carbocycles. The summed E-state index contributed by atoms with van der Waals surface area (Å²) in [6.07, 6.45) is 1.36. The molecule has 19 heavy (non-hydrogen) atoms. The van der Waals surface area contributed by atoms with Crippen LogP contribution in [0.25, 0.3) is 0 Å². The zero-order valence-electron chi connectivity index (χ0n) is 10.4. The van der Waals surface area contributed by atoms with Crippen molar-refractivity contribution >= 4 is 28.9 Å². The number of anilines is 3. The Morgan fingerprint density at radius 1 is 1.26 bits per heavy atom. The van der Waals surface area contributed by atoms with Crippen LogP contribution in [-0.4, -0.2) is 24.1 Å².